The molecule has 1 amide bonds. The Bertz CT molecular complexity index is 401. The van der Waals surface area contributed by atoms with Crippen LogP contribution in [0.1, 0.15) is 11.1 Å². The van der Waals surface area contributed by atoms with Gasteiger partial charge in [0.25, 0.3) is 0 Å². The van der Waals surface area contributed by atoms with Gasteiger partial charge in [0.2, 0.25) is 5.91 Å². The number of carbonyl (C=O) groups is 1. The summed E-state index contributed by atoms with van der Waals surface area (Å²) in [5.74, 6) is 0.0504. The smallest absolute Gasteiger partial charge is 0.237 e. The van der Waals surface area contributed by atoms with Gasteiger partial charge in [-0.15, -0.1) is 6.58 Å². The van der Waals surface area contributed by atoms with Crippen molar-refractivity contribution in [2.45, 2.75) is 19.0 Å². The lowest BCUT2D eigenvalue weighted by Crippen LogP contribution is -2.47. The predicted molar refractivity (Wildman–Crippen MR) is 64.0 cm³/mol. The van der Waals surface area contributed by atoms with Crippen LogP contribution in [0.4, 0.5) is 0 Å². The summed E-state index contributed by atoms with van der Waals surface area (Å²) in [6.45, 7) is 4.87. The van der Waals surface area contributed by atoms with E-state index in [0.29, 0.717) is 6.54 Å². The molecule has 3 heteroatoms. The van der Waals surface area contributed by atoms with Crippen molar-refractivity contribution in [1.29, 1.82) is 0 Å². The summed E-state index contributed by atoms with van der Waals surface area (Å²) >= 11 is 0. The van der Waals surface area contributed by atoms with E-state index in [2.05, 4.69) is 29.3 Å². The van der Waals surface area contributed by atoms with Crippen molar-refractivity contribution in [2.24, 2.45) is 0 Å². The van der Waals surface area contributed by atoms with E-state index in [1.807, 2.05) is 12.1 Å². The van der Waals surface area contributed by atoms with Gasteiger partial charge in [-0.25, -0.2) is 0 Å². The molecule has 0 saturated carbocycles. The zero-order chi connectivity index (χ0) is 11.4. The highest BCUT2D eigenvalue weighted by molar-refractivity contribution is 5.82. The molecule has 16 heavy (non-hydrogen) atoms. The van der Waals surface area contributed by atoms with Gasteiger partial charge in [0.05, 0.1) is 6.04 Å². The molecule has 1 aliphatic heterocycles. The van der Waals surface area contributed by atoms with Crippen LogP contribution in [0.25, 0.3) is 0 Å². The summed E-state index contributed by atoms with van der Waals surface area (Å²) in [5.41, 5.74) is 2.55. The topological polar surface area (TPSA) is 41.1 Å². The van der Waals surface area contributed by atoms with Crippen LogP contribution in [-0.4, -0.2) is 18.5 Å². The van der Waals surface area contributed by atoms with Crippen LogP contribution in [0.5, 0.6) is 0 Å². The minimum Gasteiger partial charge on any atom is -0.351 e. The third kappa shape index (κ3) is 2.31. The summed E-state index contributed by atoms with van der Waals surface area (Å²) in [5, 5.41) is 6.05. The van der Waals surface area contributed by atoms with Crippen molar-refractivity contribution in [3.63, 3.8) is 0 Å². The molecule has 0 bridgehead atoms. The number of benzene rings is 1. The molecule has 0 saturated heterocycles. The second-order valence-corrected chi connectivity index (χ2v) is 3.94. The minimum atomic E-state index is -0.116. The molecule has 0 radical (unpaired) electrons. The van der Waals surface area contributed by atoms with Gasteiger partial charge in [0, 0.05) is 13.1 Å². The van der Waals surface area contributed by atoms with Crippen LogP contribution in [0.2, 0.25) is 0 Å². The molecule has 84 valence electrons. The summed E-state index contributed by atoms with van der Waals surface area (Å²) in [7, 11) is 0. The average molecular weight is 216 g/mol. The molecular weight excluding hydrogens is 200 g/mol. The van der Waals surface area contributed by atoms with Gasteiger partial charge < -0.3 is 10.6 Å². The highest BCUT2D eigenvalue weighted by Crippen LogP contribution is 2.16. The van der Waals surface area contributed by atoms with Gasteiger partial charge in [0.1, 0.15) is 0 Å². The molecule has 1 atom stereocenters. The molecule has 0 aliphatic carbocycles. The molecular formula is C13H16N2O. The molecule has 0 spiro atoms. The minimum absolute atomic E-state index is 0.0504. The van der Waals surface area contributed by atoms with Crippen molar-refractivity contribution < 1.29 is 4.79 Å². The number of hydrogen-bond donors (Lipinski definition) is 2. The zero-order valence-corrected chi connectivity index (χ0v) is 9.20. The van der Waals surface area contributed by atoms with Gasteiger partial charge in [-0.05, 0) is 17.5 Å². The molecule has 0 aromatic heterocycles. The Hall–Kier alpha value is -1.61. The van der Waals surface area contributed by atoms with E-state index < -0.39 is 0 Å². The maximum Gasteiger partial charge on any atom is 0.237 e. The molecule has 1 aliphatic rings. The normalized spacial score (nSPS) is 18.6. The van der Waals surface area contributed by atoms with E-state index in [4.69, 9.17) is 0 Å². The first kappa shape index (κ1) is 10.9. The van der Waals surface area contributed by atoms with Crippen molar-refractivity contribution in [1.82, 2.24) is 10.6 Å². The van der Waals surface area contributed by atoms with E-state index in [-0.39, 0.29) is 11.9 Å². The second kappa shape index (κ2) is 4.94. The summed E-state index contributed by atoms with van der Waals surface area (Å²) < 4.78 is 0. The SMILES string of the molecule is C=CCNC(=O)C1Cc2ccccc2CN1. The maximum atomic E-state index is 11.7. The second-order valence-electron chi connectivity index (χ2n) is 3.94. The fourth-order valence-electron chi connectivity index (χ4n) is 1.94. The molecule has 0 fully saturated rings. The quantitative estimate of drug-likeness (QED) is 0.740. The van der Waals surface area contributed by atoms with E-state index in [1.165, 1.54) is 11.1 Å². The largest absolute Gasteiger partial charge is 0.351 e. The van der Waals surface area contributed by atoms with Crippen LogP contribution in [0, 0.1) is 0 Å². The first-order valence-electron chi connectivity index (χ1n) is 5.50. The number of nitrogens with one attached hydrogen (secondary N) is 2. The molecule has 3 nitrogen and oxygen atoms in total. The Balaban J connectivity index is 2.02. The molecule has 1 aromatic rings. The van der Waals surface area contributed by atoms with Crippen LogP contribution in [-0.2, 0) is 17.8 Å². The Morgan fingerprint density at radius 3 is 3.00 bits per heavy atom. The number of carbonyl (C=O) groups excluding carboxylic acids is 1. The van der Waals surface area contributed by atoms with Crippen LogP contribution < -0.4 is 10.6 Å². The zero-order valence-electron chi connectivity index (χ0n) is 9.20. The van der Waals surface area contributed by atoms with Gasteiger partial charge in [0.15, 0.2) is 0 Å². The highest BCUT2D eigenvalue weighted by Gasteiger charge is 2.22. The lowest BCUT2D eigenvalue weighted by atomic mass is 9.95. The molecule has 1 heterocycles. The summed E-state index contributed by atoms with van der Waals surface area (Å²) in [6, 6.07) is 8.11. The fraction of sp³-hybridized carbons (Fsp3) is 0.308. The molecule has 1 unspecified atom stereocenters. The van der Waals surface area contributed by atoms with Crippen molar-refractivity contribution in [3.05, 3.63) is 48.0 Å². The van der Waals surface area contributed by atoms with Gasteiger partial charge >= 0.3 is 0 Å². The predicted octanol–water partition coefficient (Wildman–Crippen LogP) is 1.00. The number of fused-ring (bicyclic) bond motifs is 1. The molecule has 2 N–H and O–H groups in total. The Morgan fingerprint density at radius 2 is 2.25 bits per heavy atom. The first-order valence-corrected chi connectivity index (χ1v) is 5.50. The van der Waals surface area contributed by atoms with E-state index in [1.54, 1.807) is 6.08 Å². The summed E-state index contributed by atoms with van der Waals surface area (Å²) in [4.78, 5) is 11.7. The van der Waals surface area contributed by atoms with Crippen LogP contribution in [0.3, 0.4) is 0 Å². The van der Waals surface area contributed by atoms with Crippen LogP contribution in [0.15, 0.2) is 36.9 Å². The number of amides is 1. The average Bonchev–Trinajstić information content (AvgIpc) is 2.35. The summed E-state index contributed by atoms with van der Waals surface area (Å²) in [6.07, 6.45) is 2.45. The van der Waals surface area contributed by atoms with E-state index in [0.717, 1.165) is 13.0 Å². The lowest BCUT2D eigenvalue weighted by Gasteiger charge is -2.25. The lowest BCUT2D eigenvalue weighted by molar-refractivity contribution is -0.123. The van der Waals surface area contributed by atoms with Gasteiger partial charge in [-0.3, -0.25) is 4.79 Å². The fourth-order valence-corrected chi connectivity index (χ4v) is 1.94. The number of rotatable bonds is 3. The van der Waals surface area contributed by atoms with E-state index >= 15 is 0 Å². The monoisotopic (exact) mass is 216 g/mol. The third-order valence-corrected chi connectivity index (χ3v) is 2.82. The Kier molecular flexibility index (Phi) is 3.37. The maximum absolute atomic E-state index is 11.7. The Morgan fingerprint density at radius 1 is 1.50 bits per heavy atom. The standard InChI is InChI=1S/C13H16N2O/c1-2-7-14-13(16)12-8-10-5-3-4-6-11(10)9-15-12/h2-6,12,15H,1,7-9H2,(H,14,16). The molecule has 1 aromatic carbocycles. The van der Waals surface area contributed by atoms with Gasteiger partial charge in [-0.1, -0.05) is 30.3 Å². The van der Waals surface area contributed by atoms with Crippen LogP contribution >= 0.6 is 0 Å². The third-order valence-electron chi connectivity index (χ3n) is 2.82. The van der Waals surface area contributed by atoms with Crippen molar-refractivity contribution in [2.75, 3.05) is 6.54 Å². The highest BCUT2D eigenvalue weighted by atomic mass is 16.2. The van der Waals surface area contributed by atoms with Gasteiger partial charge in [-0.2, -0.15) is 0 Å². The Labute approximate surface area is 95.6 Å². The molecule has 2 rings (SSSR count). The first-order chi connectivity index (χ1) is 7.81. The van der Waals surface area contributed by atoms with Crippen molar-refractivity contribution >= 4 is 5.91 Å². The number of hydrogen-bond acceptors (Lipinski definition) is 2. The van der Waals surface area contributed by atoms with E-state index in [9.17, 15) is 4.79 Å². The van der Waals surface area contributed by atoms with Crippen molar-refractivity contribution in [3.8, 4) is 0 Å².